The zero-order valence-electron chi connectivity index (χ0n) is 16.5. The molecule has 0 spiro atoms. The smallest absolute Gasteiger partial charge is 0.191 e. The largest absolute Gasteiger partial charge is 0.375 e. The lowest BCUT2D eigenvalue weighted by Crippen LogP contribution is -2.41. The topological polar surface area (TPSA) is 76.4 Å². The monoisotopic (exact) mass is 518 g/mol. The minimum Gasteiger partial charge on any atom is -0.375 e. The Morgan fingerprint density at radius 2 is 2.29 bits per heavy atom. The zero-order valence-corrected chi connectivity index (χ0v) is 19.6. The Hall–Kier alpha value is -1.39. The van der Waals surface area contributed by atoms with E-state index in [1.807, 2.05) is 35.9 Å². The molecule has 0 radical (unpaired) electrons. The molecule has 2 unspecified atom stereocenters. The average Bonchev–Trinajstić information content (AvgIpc) is 3.03. The molecule has 154 valence electrons. The molecule has 0 amide bonds. The van der Waals surface area contributed by atoms with Crippen molar-refractivity contribution in [3.63, 3.8) is 0 Å². The van der Waals surface area contributed by atoms with Gasteiger partial charge in [-0.3, -0.25) is 4.99 Å². The molecular weight excluding hydrogens is 491 g/mol. The fraction of sp³-hybridized carbons (Fsp3) is 0.526. The molecule has 2 N–H and O–H groups in total. The summed E-state index contributed by atoms with van der Waals surface area (Å²) < 4.78 is 7.61. The van der Waals surface area contributed by atoms with Crippen molar-refractivity contribution in [2.24, 2.45) is 4.99 Å². The molecule has 1 aliphatic rings. The number of hydrogen-bond donors (Lipinski definition) is 2. The number of hydrogen-bond acceptors (Lipinski definition) is 4. The summed E-state index contributed by atoms with van der Waals surface area (Å²) in [7, 11) is 1.69. The highest BCUT2D eigenvalue weighted by Gasteiger charge is 2.24. The van der Waals surface area contributed by atoms with Crippen LogP contribution in [0.15, 0.2) is 29.3 Å². The molecule has 0 saturated heterocycles. The molecule has 2 atom stereocenters. The van der Waals surface area contributed by atoms with Crippen LogP contribution < -0.4 is 10.6 Å². The van der Waals surface area contributed by atoms with Crippen LogP contribution in [-0.4, -0.2) is 40.9 Å². The normalized spacial score (nSPS) is 17.4. The predicted octanol–water partition coefficient (Wildman–Crippen LogP) is 3.64. The molecule has 1 aliphatic heterocycles. The summed E-state index contributed by atoms with van der Waals surface area (Å²) in [5, 5.41) is 12.0. The first-order chi connectivity index (χ1) is 13.1. The molecule has 3 rings (SSSR count). The quantitative estimate of drug-likeness (QED) is 0.347. The van der Waals surface area contributed by atoms with E-state index in [2.05, 4.69) is 27.6 Å². The summed E-state index contributed by atoms with van der Waals surface area (Å²) in [4.78, 5) is 9.32. The van der Waals surface area contributed by atoms with Crippen LogP contribution in [0.1, 0.15) is 49.1 Å². The third-order valence-corrected chi connectivity index (χ3v) is 4.79. The number of fused-ring (bicyclic) bond motifs is 1. The van der Waals surface area contributed by atoms with Crippen LogP contribution >= 0.6 is 35.6 Å². The molecule has 1 aromatic carbocycles. The second-order valence-electron chi connectivity index (χ2n) is 6.58. The van der Waals surface area contributed by atoms with E-state index in [4.69, 9.17) is 21.3 Å². The van der Waals surface area contributed by atoms with Gasteiger partial charge < -0.3 is 15.4 Å². The maximum absolute atomic E-state index is 6.11. The lowest BCUT2D eigenvalue weighted by molar-refractivity contribution is 0.111. The summed E-state index contributed by atoms with van der Waals surface area (Å²) in [5.41, 5.74) is 1.01. The van der Waals surface area contributed by atoms with E-state index >= 15 is 0 Å². The van der Waals surface area contributed by atoms with Crippen LogP contribution in [0, 0.1) is 6.92 Å². The Morgan fingerprint density at radius 1 is 1.46 bits per heavy atom. The molecule has 28 heavy (non-hydrogen) atoms. The minimum absolute atomic E-state index is 0. The number of aryl methyl sites for hydroxylation is 2. The maximum Gasteiger partial charge on any atom is 0.191 e. The van der Waals surface area contributed by atoms with Gasteiger partial charge in [-0.1, -0.05) is 23.7 Å². The standard InChI is InChI=1S/C19H27ClN6O.HI/c1-4-21-19(22-12-17(27-3)14-7-5-8-15(20)11-14)24-16-9-6-10-26-18(16)23-13(2)25-26;/h5,7-8,11,16-17H,4,6,9-10,12H2,1-3H3,(H2,21,22,24);1H. The van der Waals surface area contributed by atoms with Crippen molar-refractivity contribution in [3.05, 3.63) is 46.5 Å². The molecule has 9 heteroatoms. The van der Waals surface area contributed by atoms with Crippen molar-refractivity contribution in [2.75, 3.05) is 20.2 Å². The second-order valence-corrected chi connectivity index (χ2v) is 7.01. The molecule has 0 saturated carbocycles. The first kappa shape index (κ1) is 22.9. The van der Waals surface area contributed by atoms with Gasteiger partial charge in [0.1, 0.15) is 17.8 Å². The van der Waals surface area contributed by atoms with Crippen LogP contribution in [-0.2, 0) is 11.3 Å². The maximum atomic E-state index is 6.11. The Labute approximate surface area is 188 Å². The number of nitrogens with one attached hydrogen (secondary N) is 2. The van der Waals surface area contributed by atoms with Crippen molar-refractivity contribution >= 4 is 41.5 Å². The summed E-state index contributed by atoms with van der Waals surface area (Å²) >= 11 is 6.11. The number of rotatable bonds is 6. The van der Waals surface area contributed by atoms with Gasteiger partial charge in [0.2, 0.25) is 0 Å². The van der Waals surface area contributed by atoms with Crippen LogP contribution in [0.3, 0.4) is 0 Å². The van der Waals surface area contributed by atoms with Crippen molar-refractivity contribution < 1.29 is 4.74 Å². The van der Waals surface area contributed by atoms with Crippen LogP contribution in [0.25, 0.3) is 0 Å². The Bertz CT molecular complexity index is 796. The summed E-state index contributed by atoms with van der Waals surface area (Å²) in [6, 6.07) is 7.80. The highest BCUT2D eigenvalue weighted by molar-refractivity contribution is 14.0. The van der Waals surface area contributed by atoms with Crippen LogP contribution in [0.2, 0.25) is 5.02 Å². The zero-order chi connectivity index (χ0) is 19.2. The first-order valence-corrected chi connectivity index (χ1v) is 9.73. The van der Waals surface area contributed by atoms with Crippen LogP contribution in [0.5, 0.6) is 0 Å². The number of guanidine groups is 1. The van der Waals surface area contributed by atoms with E-state index in [-0.39, 0.29) is 36.1 Å². The molecule has 2 heterocycles. The van der Waals surface area contributed by atoms with Gasteiger partial charge in [-0.2, -0.15) is 5.10 Å². The molecule has 1 aromatic heterocycles. The van der Waals surface area contributed by atoms with E-state index < -0.39 is 0 Å². The lowest BCUT2D eigenvalue weighted by Gasteiger charge is -2.25. The van der Waals surface area contributed by atoms with Gasteiger partial charge in [-0.15, -0.1) is 24.0 Å². The van der Waals surface area contributed by atoms with E-state index in [9.17, 15) is 0 Å². The van der Waals surface area contributed by atoms with E-state index in [1.54, 1.807) is 7.11 Å². The third-order valence-electron chi connectivity index (χ3n) is 4.56. The number of methoxy groups -OCH3 is 1. The Balaban J connectivity index is 0.00000280. The van der Waals surface area contributed by atoms with Gasteiger partial charge in [0.05, 0.1) is 12.6 Å². The Morgan fingerprint density at radius 3 is 3.00 bits per heavy atom. The van der Waals surface area contributed by atoms with E-state index in [0.717, 1.165) is 49.1 Å². The molecular formula is C19H28ClIN6O. The highest BCUT2D eigenvalue weighted by Crippen LogP contribution is 2.23. The second kappa shape index (κ2) is 11.0. The van der Waals surface area contributed by atoms with Crippen molar-refractivity contribution in [3.8, 4) is 0 Å². The highest BCUT2D eigenvalue weighted by atomic mass is 127. The van der Waals surface area contributed by atoms with E-state index in [1.165, 1.54) is 0 Å². The summed E-state index contributed by atoms with van der Waals surface area (Å²) in [5.74, 6) is 2.53. The average molecular weight is 519 g/mol. The van der Waals surface area contributed by atoms with Crippen molar-refractivity contribution in [1.82, 2.24) is 25.4 Å². The van der Waals surface area contributed by atoms with Gasteiger partial charge in [-0.05, 0) is 44.4 Å². The molecule has 0 aliphatic carbocycles. The van der Waals surface area contributed by atoms with Gasteiger partial charge in [-0.25, -0.2) is 9.67 Å². The number of nitrogens with zero attached hydrogens (tertiary/aromatic N) is 4. The molecule has 0 bridgehead atoms. The Kier molecular flexibility index (Phi) is 8.97. The van der Waals surface area contributed by atoms with Gasteiger partial charge in [0.15, 0.2) is 5.96 Å². The predicted molar refractivity (Wildman–Crippen MR) is 122 cm³/mol. The van der Waals surface area contributed by atoms with Crippen molar-refractivity contribution in [2.45, 2.75) is 45.4 Å². The van der Waals surface area contributed by atoms with Crippen LogP contribution in [0.4, 0.5) is 0 Å². The fourth-order valence-electron chi connectivity index (χ4n) is 3.29. The van der Waals surface area contributed by atoms with E-state index in [0.29, 0.717) is 11.6 Å². The van der Waals surface area contributed by atoms with Gasteiger partial charge in [0.25, 0.3) is 0 Å². The summed E-state index contributed by atoms with van der Waals surface area (Å²) in [6.07, 6.45) is 1.91. The number of ether oxygens (including phenoxy) is 1. The first-order valence-electron chi connectivity index (χ1n) is 9.35. The number of halogens is 2. The molecule has 0 fully saturated rings. The molecule has 7 nitrogen and oxygen atoms in total. The van der Waals surface area contributed by atoms with Crippen molar-refractivity contribution in [1.29, 1.82) is 0 Å². The van der Waals surface area contributed by atoms with Gasteiger partial charge in [0, 0.05) is 25.2 Å². The number of aliphatic imine (C=N–C) groups is 1. The summed E-state index contributed by atoms with van der Waals surface area (Å²) in [6.45, 7) is 6.16. The minimum atomic E-state index is -0.156. The molecule has 2 aromatic rings. The number of benzene rings is 1. The number of aromatic nitrogens is 3. The fourth-order valence-corrected chi connectivity index (χ4v) is 3.49. The third kappa shape index (κ3) is 5.81. The lowest BCUT2D eigenvalue weighted by atomic mass is 10.1. The SMILES string of the molecule is CCNC(=NCC(OC)c1cccc(Cl)c1)NC1CCCn2nc(C)nc21.I. The van der Waals surface area contributed by atoms with Gasteiger partial charge >= 0.3 is 0 Å².